The monoisotopic (exact) mass is 287 g/mol. The second-order valence-electron chi connectivity index (χ2n) is 6.53. The van der Waals surface area contributed by atoms with E-state index in [0.29, 0.717) is 18.6 Å². The predicted molar refractivity (Wildman–Crippen MR) is 83.8 cm³/mol. The van der Waals surface area contributed by atoms with Gasteiger partial charge in [-0.3, -0.25) is 9.69 Å². The van der Waals surface area contributed by atoms with Crippen LogP contribution in [0, 0.1) is 0 Å². The number of morpholine rings is 1. The normalized spacial score (nSPS) is 24.0. The summed E-state index contributed by atoms with van der Waals surface area (Å²) in [5, 5.41) is 0. The smallest absolute Gasteiger partial charge is 0.193 e. The molecule has 1 aromatic rings. The molecule has 3 rings (SSSR count). The molecule has 114 valence electrons. The van der Waals surface area contributed by atoms with Crippen LogP contribution in [0.5, 0.6) is 0 Å². The van der Waals surface area contributed by atoms with Crippen molar-refractivity contribution < 1.29 is 9.53 Å². The number of hydrogen-bond acceptors (Lipinski definition) is 3. The highest BCUT2D eigenvalue weighted by molar-refractivity contribution is 6.01. The molecule has 0 radical (unpaired) electrons. The molecule has 1 aliphatic heterocycles. The van der Waals surface area contributed by atoms with Crippen molar-refractivity contribution >= 4 is 5.78 Å². The van der Waals surface area contributed by atoms with Crippen molar-refractivity contribution in [2.24, 2.45) is 0 Å². The van der Waals surface area contributed by atoms with Crippen LogP contribution in [-0.4, -0.2) is 42.5 Å². The van der Waals surface area contributed by atoms with E-state index in [0.717, 1.165) is 18.7 Å². The summed E-state index contributed by atoms with van der Waals surface area (Å²) in [7, 11) is 0. The van der Waals surface area contributed by atoms with Gasteiger partial charge in [-0.15, -0.1) is 0 Å². The molecule has 1 aromatic carbocycles. The van der Waals surface area contributed by atoms with Crippen molar-refractivity contribution in [2.75, 3.05) is 19.7 Å². The van der Waals surface area contributed by atoms with Crippen LogP contribution in [0.2, 0.25) is 0 Å². The third-order valence-electron chi connectivity index (χ3n) is 4.89. The van der Waals surface area contributed by atoms with Crippen LogP contribution < -0.4 is 0 Å². The van der Waals surface area contributed by atoms with Crippen LogP contribution in [-0.2, 0) is 4.74 Å². The highest BCUT2D eigenvalue weighted by Crippen LogP contribution is 2.38. The van der Waals surface area contributed by atoms with Crippen LogP contribution in [0.3, 0.4) is 0 Å². The van der Waals surface area contributed by atoms with Crippen molar-refractivity contribution in [3.8, 4) is 0 Å². The van der Waals surface area contributed by atoms with E-state index in [1.807, 2.05) is 18.2 Å². The molecule has 2 aliphatic rings. The molecule has 21 heavy (non-hydrogen) atoms. The standard InChI is InChI=1S/C18H25NO2/c1-13(2)19-10-11-21-17(12-19)18(20)16-9-4-3-8-15(16)14-6-5-7-14/h3-4,8-9,13-14,17H,5-7,10-12H2,1-2H3. The van der Waals surface area contributed by atoms with E-state index in [1.54, 1.807) is 0 Å². The molecule has 2 fully saturated rings. The molecule has 1 saturated carbocycles. The van der Waals surface area contributed by atoms with E-state index < -0.39 is 0 Å². The van der Waals surface area contributed by atoms with Crippen molar-refractivity contribution in [1.29, 1.82) is 0 Å². The van der Waals surface area contributed by atoms with Gasteiger partial charge in [0, 0.05) is 24.7 Å². The van der Waals surface area contributed by atoms with Gasteiger partial charge in [-0.1, -0.05) is 30.7 Å². The third-order valence-corrected chi connectivity index (χ3v) is 4.89. The first kappa shape index (κ1) is 14.7. The summed E-state index contributed by atoms with van der Waals surface area (Å²) in [6, 6.07) is 8.59. The summed E-state index contributed by atoms with van der Waals surface area (Å²) in [6.07, 6.45) is 3.42. The Morgan fingerprint density at radius 3 is 2.71 bits per heavy atom. The second kappa shape index (κ2) is 6.29. The molecule has 0 N–H and O–H groups in total. The number of rotatable bonds is 4. The first-order valence-electron chi connectivity index (χ1n) is 8.15. The molecule has 1 aliphatic carbocycles. The van der Waals surface area contributed by atoms with Crippen molar-refractivity contribution in [2.45, 2.75) is 51.2 Å². The summed E-state index contributed by atoms with van der Waals surface area (Å²) < 4.78 is 5.77. The quantitative estimate of drug-likeness (QED) is 0.796. The number of nitrogens with zero attached hydrogens (tertiary/aromatic N) is 1. The average Bonchev–Trinajstić information content (AvgIpc) is 2.45. The Balaban J connectivity index is 1.78. The molecule has 1 heterocycles. The van der Waals surface area contributed by atoms with Gasteiger partial charge in [0.05, 0.1) is 6.61 Å². The van der Waals surface area contributed by atoms with Crippen LogP contribution in [0.1, 0.15) is 54.9 Å². The number of benzene rings is 1. The SMILES string of the molecule is CC(C)N1CCOC(C(=O)c2ccccc2C2CCC2)C1. The number of carbonyl (C=O) groups is 1. The fourth-order valence-electron chi connectivity index (χ4n) is 3.27. The minimum atomic E-state index is -0.303. The highest BCUT2D eigenvalue weighted by Gasteiger charge is 2.31. The van der Waals surface area contributed by atoms with Crippen LogP contribution in [0.4, 0.5) is 0 Å². The van der Waals surface area contributed by atoms with Gasteiger partial charge in [0.25, 0.3) is 0 Å². The lowest BCUT2D eigenvalue weighted by molar-refractivity contribution is -0.0256. The van der Waals surface area contributed by atoms with Crippen LogP contribution >= 0.6 is 0 Å². The number of carbonyl (C=O) groups excluding carboxylic acids is 1. The Morgan fingerprint density at radius 2 is 2.05 bits per heavy atom. The fourth-order valence-corrected chi connectivity index (χ4v) is 3.27. The van der Waals surface area contributed by atoms with Crippen molar-refractivity contribution in [3.05, 3.63) is 35.4 Å². The van der Waals surface area contributed by atoms with Crippen molar-refractivity contribution in [3.63, 3.8) is 0 Å². The molecule has 1 saturated heterocycles. The molecule has 0 spiro atoms. The Labute approximate surface area is 127 Å². The van der Waals surface area contributed by atoms with Gasteiger partial charge >= 0.3 is 0 Å². The van der Waals surface area contributed by atoms with Gasteiger partial charge in [0.2, 0.25) is 0 Å². The predicted octanol–water partition coefficient (Wildman–Crippen LogP) is 3.25. The lowest BCUT2D eigenvalue weighted by Crippen LogP contribution is -2.48. The van der Waals surface area contributed by atoms with Gasteiger partial charge in [0.15, 0.2) is 5.78 Å². The van der Waals surface area contributed by atoms with E-state index in [-0.39, 0.29) is 11.9 Å². The Kier molecular flexibility index (Phi) is 4.41. The summed E-state index contributed by atoms with van der Waals surface area (Å²) in [5.41, 5.74) is 2.12. The minimum Gasteiger partial charge on any atom is -0.367 e. The fraction of sp³-hybridized carbons (Fsp3) is 0.611. The molecular formula is C18H25NO2. The number of ether oxygens (including phenoxy) is 1. The first-order chi connectivity index (χ1) is 10.2. The Morgan fingerprint density at radius 1 is 1.29 bits per heavy atom. The molecule has 0 bridgehead atoms. The molecule has 3 nitrogen and oxygen atoms in total. The first-order valence-corrected chi connectivity index (χ1v) is 8.15. The largest absolute Gasteiger partial charge is 0.367 e. The minimum absolute atomic E-state index is 0.169. The van der Waals surface area contributed by atoms with E-state index in [2.05, 4.69) is 24.8 Å². The van der Waals surface area contributed by atoms with Gasteiger partial charge in [-0.25, -0.2) is 0 Å². The zero-order valence-corrected chi connectivity index (χ0v) is 13.0. The highest BCUT2D eigenvalue weighted by atomic mass is 16.5. The summed E-state index contributed by atoms with van der Waals surface area (Å²) in [5.74, 6) is 0.748. The molecule has 1 unspecified atom stereocenters. The number of hydrogen-bond donors (Lipinski definition) is 0. The molecule has 0 aromatic heterocycles. The maximum atomic E-state index is 12.9. The van der Waals surface area contributed by atoms with E-state index in [4.69, 9.17) is 4.74 Å². The summed E-state index contributed by atoms with van der Waals surface area (Å²) >= 11 is 0. The van der Waals surface area contributed by atoms with E-state index >= 15 is 0 Å². The van der Waals surface area contributed by atoms with Gasteiger partial charge in [-0.2, -0.15) is 0 Å². The molecule has 1 atom stereocenters. The zero-order chi connectivity index (χ0) is 14.8. The van der Waals surface area contributed by atoms with Gasteiger partial charge in [0.1, 0.15) is 6.10 Å². The van der Waals surface area contributed by atoms with Gasteiger partial charge < -0.3 is 4.74 Å². The molecule has 3 heteroatoms. The van der Waals surface area contributed by atoms with E-state index in [1.165, 1.54) is 24.8 Å². The van der Waals surface area contributed by atoms with E-state index in [9.17, 15) is 4.79 Å². The zero-order valence-electron chi connectivity index (χ0n) is 13.0. The topological polar surface area (TPSA) is 29.5 Å². The lowest BCUT2D eigenvalue weighted by Gasteiger charge is -2.35. The summed E-state index contributed by atoms with van der Waals surface area (Å²) in [4.78, 5) is 15.2. The summed E-state index contributed by atoms with van der Waals surface area (Å²) in [6.45, 7) is 6.64. The Hall–Kier alpha value is -1.19. The average molecular weight is 287 g/mol. The molecular weight excluding hydrogens is 262 g/mol. The van der Waals surface area contributed by atoms with Crippen LogP contribution in [0.25, 0.3) is 0 Å². The molecule has 0 amide bonds. The number of Topliss-reactive ketones (excluding diaryl/α,β-unsaturated/α-hetero) is 1. The third kappa shape index (κ3) is 3.04. The Bertz CT molecular complexity index is 508. The second-order valence-corrected chi connectivity index (χ2v) is 6.53. The van der Waals surface area contributed by atoms with Crippen LogP contribution in [0.15, 0.2) is 24.3 Å². The maximum Gasteiger partial charge on any atom is 0.193 e. The van der Waals surface area contributed by atoms with Gasteiger partial charge in [-0.05, 0) is 38.2 Å². The lowest BCUT2D eigenvalue weighted by atomic mass is 9.77. The number of ketones is 1. The van der Waals surface area contributed by atoms with Crippen molar-refractivity contribution in [1.82, 2.24) is 4.90 Å². The maximum absolute atomic E-state index is 12.9.